The molecule has 2 atom stereocenters. The summed E-state index contributed by atoms with van der Waals surface area (Å²) in [6, 6.07) is 0.243. The first-order valence-electron chi connectivity index (χ1n) is 5.21. The van der Waals surface area contributed by atoms with Gasteiger partial charge >= 0.3 is 0 Å². The Hall–Kier alpha value is -0.770. The van der Waals surface area contributed by atoms with Crippen LogP contribution in [0.5, 0.6) is 0 Å². The number of azide groups is 1. The summed E-state index contributed by atoms with van der Waals surface area (Å²) in [7, 11) is 0. The van der Waals surface area contributed by atoms with Crippen LogP contribution in [0.25, 0.3) is 10.4 Å². The quantitative estimate of drug-likeness (QED) is 0.413. The number of unbranched alkanes of at least 4 members (excludes halogenated alkanes) is 1. The molecule has 0 aromatic heterocycles. The molecular formula is C9H18N4O. The van der Waals surface area contributed by atoms with E-state index in [1.165, 1.54) is 0 Å². The van der Waals surface area contributed by atoms with Crippen LogP contribution in [0.1, 0.15) is 26.2 Å². The van der Waals surface area contributed by atoms with E-state index < -0.39 is 0 Å². The number of aliphatic hydroxyl groups is 1. The summed E-state index contributed by atoms with van der Waals surface area (Å²) in [6.07, 6.45) is 2.79. The minimum Gasteiger partial charge on any atom is -0.392 e. The van der Waals surface area contributed by atoms with Crippen LogP contribution in [0.4, 0.5) is 0 Å². The van der Waals surface area contributed by atoms with Gasteiger partial charge in [0.1, 0.15) is 0 Å². The molecule has 1 fully saturated rings. The van der Waals surface area contributed by atoms with E-state index in [2.05, 4.69) is 21.8 Å². The molecule has 0 spiro atoms. The number of β-amino-alcohol motifs (C(OH)–C–C–N with tert-alkyl or cyclic N) is 1. The van der Waals surface area contributed by atoms with Crippen LogP contribution >= 0.6 is 0 Å². The number of hydrogen-bond donors (Lipinski definition) is 1. The number of rotatable bonds is 5. The molecule has 0 aromatic rings. The number of aliphatic hydroxyl groups excluding tert-OH is 1. The van der Waals surface area contributed by atoms with Crippen molar-refractivity contribution in [3.63, 3.8) is 0 Å². The molecule has 80 valence electrons. The van der Waals surface area contributed by atoms with E-state index in [4.69, 9.17) is 5.53 Å². The molecule has 0 unspecified atom stereocenters. The average molecular weight is 198 g/mol. The van der Waals surface area contributed by atoms with Gasteiger partial charge in [0.25, 0.3) is 0 Å². The lowest BCUT2D eigenvalue weighted by atomic mass is 10.2. The van der Waals surface area contributed by atoms with Gasteiger partial charge in [-0.25, -0.2) is 0 Å². The monoisotopic (exact) mass is 198 g/mol. The lowest BCUT2D eigenvalue weighted by Gasteiger charge is -2.21. The highest BCUT2D eigenvalue weighted by Gasteiger charge is 2.29. The van der Waals surface area contributed by atoms with Gasteiger partial charge in [-0.1, -0.05) is 18.5 Å². The van der Waals surface area contributed by atoms with Crippen molar-refractivity contribution in [2.75, 3.05) is 19.6 Å². The Labute approximate surface area is 84.3 Å². The number of hydrogen-bond acceptors (Lipinski definition) is 3. The van der Waals surface area contributed by atoms with Gasteiger partial charge in [0.05, 0.1) is 6.10 Å². The summed E-state index contributed by atoms with van der Waals surface area (Å²) >= 11 is 0. The summed E-state index contributed by atoms with van der Waals surface area (Å²) in [5.74, 6) is 0. The van der Waals surface area contributed by atoms with Crippen molar-refractivity contribution in [2.24, 2.45) is 5.11 Å². The molecule has 1 aliphatic rings. The van der Waals surface area contributed by atoms with Gasteiger partial charge in [-0.05, 0) is 24.9 Å². The number of likely N-dealkylation sites (tertiary alicyclic amines) is 1. The maximum Gasteiger partial charge on any atom is 0.0682 e. The largest absolute Gasteiger partial charge is 0.392 e. The predicted molar refractivity (Wildman–Crippen MR) is 54.9 cm³/mol. The molecule has 1 aliphatic heterocycles. The lowest BCUT2D eigenvalue weighted by Crippen LogP contribution is -2.32. The predicted octanol–water partition coefficient (Wildman–Crippen LogP) is 1.53. The van der Waals surface area contributed by atoms with E-state index in [-0.39, 0.29) is 12.1 Å². The smallest absolute Gasteiger partial charge is 0.0682 e. The standard InChI is InChI=1S/C9H18N4O/c1-2-3-4-13-7-9(14)5-8(13)6-11-12-10/h8-9,14H,2-7H2,1H3/t8-,9+/m0/s1. The summed E-state index contributed by atoms with van der Waals surface area (Å²) in [5.41, 5.74) is 8.23. The molecule has 1 N–H and O–H groups in total. The third-order valence-electron chi connectivity index (χ3n) is 2.66. The Morgan fingerprint density at radius 2 is 2.43 bits per heavy atom. The molecule has 14 heavy (non-hydrogen) atoms. The van der Waals surface area contributed by atoms with Crippen LogP contribution in [-0.4, -0.2) is 41.8 Å². The topological polar surface area (TPSA) is 72.2 Å². The van der Waals surface area contributed by atoms with Crippen molar-refractivity contribution < 1.29 is 5.11 Å². The van der Waals surface area contributed by atoms with Crippen molar-refractivity contribution >= 4 is 0 Å². The van der Waals surface area contributed by atoms with Crippen LogP contribution in [0.2, 0.25) is 0 Å². The Morgan fingerprint density at radius 3 is 3.07 bits per heavy atom. The fraction of sp³-hybridized carbons (Fsp3) is 1.00. The second-order valence-electron chi connectivity index (χ2n) is 3.81. The van der Waals surface area contributed by atoms with Crippen molar-refractivity contribution in [3.8, 4) is 0 Å². The van der Waals surface area contributed by atoms with Crippen molar-refractivity contribution in [1.82, 2.24) is 4.90 Å². The van der Waals surface area contributed by atoms with E-state index >= 15 is 0 Å². The second kappa shape index (κ2) is 5.86. The molecule has 5 nitrogen and oxygen atoms in total. The first-order chi connectivity index (χ1) is 6.77. The number of nitrogens with zero attached hydrogens (tertiary/aromatic N) is 4. The highest BCUT2D eigenvalue weighted by atomic mass is 16.3. The summed E-state index contributed by atoms with van der Waals surface area (Å²) in [5, 5.41) is 13.1. The van der Waals surface area contributed by atoms with Crippen LogP contribution in [0.15, 0.2) is 5.11 Å². The Morgan fingerprint density at radius 1 is 1.64 bits per heavy atom. The van der Waals surface area contributed by atoms with Crippen molar-refractivity contribution in [1.29, 1.82) is 0 Å². The molecule has 0 aliphatic carbocycles. The minimum absolute atomic E-state index is 0.243. The van der Waals surface area contributed by atoms with Crippen molar-refractivity contribution in [2.45, 2.75) is 38.3 Å². The third kappa shape index (κ3) is 3.18. The van der Waals surface area contributed by atoms with Gasteiger partial charge in [-0.15, -0.1) is 0 Å². The first-order valence-corrected chi connectivity index (χ1v) is 5.21. The van der Waals surface area contributed by atoms with Gasteiger partial charge in [0.15, 0.2) is 0 Å². The molecule has 1 rings (SSSR count). The van der Waals surface area contributed by atoms with E-state index in [1.54, 1.807) is 0 Å². The van der Waals surface area contributed by atoms with E-state index in [1.807, 2.05) is 0 Å². The first kappa shape index (κ1) is 11.3. The highest BCUT2D eigenvalue weighted by Crippen LogP contribution is 2.18. The molecule has 0 saturated carbocycles. The van der Waals surface area contributed by atoms with Crippen molar-refractivity contribution in [3.05, 3.63) is 10.4 Å². The van der Waals surface area contributed by atoms with Gasteiger partial charge < -0.3 is 5.11 Å². The normalized spacial score (nSPS) is 27.6. The van der Waals surface area contributed by atoms with Crippen LogP contribution in [0.3, 0.4) is 0 Å². The van der Waals surface area contributed by atoms with Crippen LogP contribution < -0.4 is 0 Å². The molecule has 1 heterocycles. The molecule has 0 amide bonds. The van der Waals surface area contributed by atoms with Gasteiger partial charge in [-0.2, -0.15) is 0 Å². The zero-order chi connectivity index (χ0) is 10.4. The maximum absolute atomic E-state index is 9.49. The van der Waals surface area contributed by atoms with E-state index in [9.17, 15) is 5.11 Å². The third-order valence-corrected chi connectivity index (χ3v) is 2.66. The molecule has 0 radical (unpaired) electrons. The zero-order valence-corrected chi connectivity index (χ0v) is 8.63. The lowest BCUT2D eigenvalue weighted by molar-refractivity contribution is 0.174. The SMILES string of the molecule is CCCCN1C[C@H](O)C[C@H]1CN=[N+]=[N-]. The fourth-order valence-corrected chi connectivity index (χ4v) is 1.91. The Bertz CT molecular complexity index is 215. The van der Waals surface area contributed by atoms with Gasteiger partial charge in [-0.3, -0.25) is 4.90 Å². The van der Waals surface area contributed by atoms with Gasteiger partial charge in [0, 0.05) is 24.0 Å². The van der Waals surface area contributed by atoms with Gasteiger partial charge in [0.2, 0.25) is 0 Å². The Balaban J connectivity index is 2.40. The minimum atomic E-state index is -0.245. The van der Waals surface area contributed by atoms with E-state index in [0.717, 1.165) is 32.4 Å². The molecule has 0 bridgehead atoms. The Kier molecular flexibility index (Phi) is 4.73. The highest BCUT2D eigenvalue weighted by molar-refractivity contribution is 4.86. The average Bonchev–Trinajstić information content (AvgIpc) is 2.52. The molecule has 1 saturated heterocycles. The van der Waals surface area contributed by atoms with E-state index in [0.29, 0.717) is 6.54 Å². The molecule has 5 heteroatoms. The molecular weight excluding hydrogens is 180 g/mol. The van der Waals surface area contributed by atoms with Crippen LogP contribution in [0, 0.1) is 0 Å². The summed E-state index contributed by atoms with van der Waals surface area (Å²) in [6.45, 7) is 4.36. The summed E-state index contributed by atoms with van der Waals surface area (Å²) < 4.78 is 0. The maximum atomic E-state index is 9.49. The fourth-order valence-electron chi connectivity index (χ4n) is 1.91. The molecule has 0 aromatic carbocycles. The summed E-state index contributed by atoms with van der Waals surface area (Å²) in [4.78, 5) is 4.98. The second-order valence-corrected chi connectivity index (χ2v) is 3.81. The van der Waals surface area contributed by atoms with Crippen LogP contribution in [-0.2, 0) is 0 Å². The zero-order valence-electron chi connectivity index (χ0n) is 8.63.